The van der Waals surface area contributed by atoms with Crippen LogP contribution in [-0.4, -0.2) is 10.9 Å². The molecule has 1 amide bonds. The van der Waals surface area contributed by atoms with Gasteiger partial charge < -0.3 is 10.6 Å². The maximum atomic E-state index is 12.5. The largest absolute Gasteiger partial charge is 0.354 e. The van der Waals surface area contributed by atoms with Gasteiger partial charge >= 0.3 is 0 Å². The Morgan fingerprint density at radius 2 is 1.60 bits per heavy atom. The highest BCUT2D eigenvalue weighted by Crippen LogP contribution is 2.20. The molecule has 3 rings (SSSR count). The monoisotopic (exact) mass is 331 g/mol. The third kappa shape index (κ3) is 4.23. The molecule has 1 aromatic heterocycles. The second kappa shape index (κ2) is 7.18. The normalized spacial score (nSPS) is 10.4. The van der Waals surface area contributed by atoms with Gasteiger partial charge in [0.2, 0.25) is 0 Å². The van der Waals surface area contributed by atoms with Crippen molar-refractivity contribution in [2.45, 2.75) is 20.8 Å². The summed E-state index contributed by atoms with van der Waals surface area (Å²) in [6.07, 6.45) is 3.28. The van der Waals surface area contributed by atoms with Gasteiger partial charge in [-0.3, -0.25) is 9.78 Å². The van der Waals surface area contributed by atoms with Crippen LogP contribution in [0.1, 0.15) is 27.0 Å². The van der Waals surface area contributed by atoms with Crippen molar-refractivity contribution < 1.29 is 4.79 Å². The van der Waals surface area contributed by atoms with Crippen molar-refractivity contribution in [3.05, 3.63) is 83.2 Å². The van der Waals surface area contributed by atoms with Crippen molar-refractivity contribution in [2.24, 2.45) is 0 Å². The SMILES string of the molecule is Cc1cc(C)cc(Nc2cncc(C(=O)Nc3ccccc3C)c2)c1. The van der Waals surface area contributed by atoms with Crippen LogP contribution < -0.4 is 10.6 Å². The van der Waals surface area contributed by atoms with Crippen LogP contribution in [0.4, 0.5) is 17.1 Å². The summed E-state index contributed by atoms with van der Waals surface area (Å²) in [7, 11) is 0. The lowest BCUT2D eigenvalue weighted by Crippen LogP contribution is -2.13. The Labute approximate surface area is 147 Å². The molecule has 0 radical (unpaired) electrons. The first-order chi connectivity index (χ1) is 12.0. The van der Waals surface area contributed by atoms with Crippen LogP contribution in [0.15, 0.2) is 60.9 Å². The quantitative estimate of drug-likeness (QED) is 0.707. The van der Waals surface area contributed by atoms with Crippen LogP contribution in [0.5, 0.6) is 0 Å². The maximum absolute atomic E-state index is 12.5. The Balaban J connectivity index is 1.79. The fourth-order valence-corrected chi connectivity index (χ4v) is 2.75. The molecule has 3 aromatic rings. The predicted molar refractivity (Wildman–Crippen MR) is 103 cm³/mol. The van der Waals surface area contributed by atoms with E-state index in [0.717, 1.165) is 22.6 Å². The lowest BCUT2D eigenvalue weighted by molar-refractivity contribution is 0.102. The number of pyridine rings is 1. The highest BCUT2D eigenvalue weighted by molar-refractivity contribution is 6.05. The minimum Gasteiger partial charge on any atom is -0.354 e. The average Bonchev–Trinajstić information content (AvgIpc) is 2.56. The van der Waals surface area contributed by atoms with Gasteiger partial charge in [0.25, 0.3) is 5.91 Å². The molecule has 4 nitrogen and oxygen atoms in total. The number of hydrogen-bond acceptors (Lipinski definition) is 3. The first-order valence-corrected chi connectivity index (χ1v) is 8.18. The first-order valence-electron chi connectivity index (χ1n) is 8.18. The zero-order valence-corrected chi connectivity index (χ0v) is 14.6. The first kappa shape index (κ1) is 16.7. The number of nitrogens with one attached hydrogen (secondary N) is 2. The van der Waals surface area contributed by atoms with Gasteiger partial charge in [0.05, 0.1) is 17.4 Å². The fraction of sp³-hybridized carbons (Fsp3) is 0.143. The van der Waals surface area contributed by atoms with Crippen LogP contribution in [0, 0.1) is 20.8 Å². The third-order valence-corrected chi connectivity index (χ3v) is 3.90. The molecule has 0 unspecified atom stereocenters. The minimum atomic E-state index is -0.175. The lowest BCUT2D eigenvalue weighted by Gasteiger charge is -2.11. The number of para-hydroxylation sites is 1. The molecular weight excluding hydrogens is 310 g/mol. The van der Waals surface area contributed by atoms with Gasteiger partial charge in [-0.15, -0.1) is 0 Å². The number of benzene rings is 2. The van der Waals surface area contributed by atoms with E-state index in [4.69, 9.17) is 0 Å². The topological polar surface area (TPSA) is 54.0 Å². The Bertz CT molecular complexity index is 898. The number of hydrogen-bond donors (Lipinski definition) is 2. The van der Waals surface area contributed by atoms with Crippen LogP contribution >= 0.6 is 0 Å². The molecule has 0 spiro atoms. The summed E-state index contributed by atoms with van der Waals surface area (Å²) < 4.78 is 0. The van der Waals surface area contributed by atoms with Crippen LogP contribution in [0.2, 0.25) is 0 Å². The molecule has 0 saturated carbocycles. The molecular formula is C21H21N3O. The molecule has 4 heteroatoms. The highest BCUT2D eigenvalue weighted by atomic mass is 16.1. The van der Waals surface area contributed by atoms with E-state index in [1.807, 2.05) is 31.2 Å². The smallest absolute Gasteiger partial charge is 0.257 e. The van der Waals surface area contributed by atoms with Gasteiger partial charge in [-0.2, -0.15) is 0 Å². The summed E-state index contributed by atoms with van der Waals surface area (Å²) >= 11 is 0. The molecule has 0 aliphatic rings. The van der Waals surface area contributed by atoms with Crippen molar-refractivity contribution in [1.82, 2.24) is 4.98 Å². The van der Waals surface area contributed by atoms with Crippen molar-refractivity contribution in [1.29, 1.82) is 0 Å². The Morgan fingerprint density at radius 3 is 2.32 bits per heavy atom. The van der Waals surface area contributed by atoms with E-state index in [1.54, 1.807) is 18.5 Å². The molecule has 0 bridgehead atoms. The second-order valence-corrected chi connectivity index (χ2v) is 6.23. The van der Waals surface area contributed by atoms with E-state index >= 15 is 0 Å². The summed E-state index contributed by atoms with van der Waals surface area (Å²) in [5.41, 5.74) is 6.47. The molecule has 0 aliphatic heterocycles. The predicted octanol–water partition coefficient (Wildman–Crippen LogP) is 5.00. The van der Waals surface area contributed by atoms with Crippen molar-refractivity contribution in [3.8, 4) is 0 Å². The number of carbonyl (C=O) groups is 1. The van der Waals surface area contributed by atoms with Crippen LogP contribution in [0.25, 0.3) is 0 Å². The van der Waals surface area contributed by atoms with Crippen LogP contribution in [0.3, 0.4) is 0 Å². The van der Waals surface area contributed by atoms with E-state index in [-0.39, 0.29) is 5.91 Å². The van der Waals surface area contributed by atoms with Gasteiger partial charge in [-0.05, 0) is 61.7 Å². The maximum Gasteiger partial charge on any atom is 0.257 e. The molecule has 126 valence electrons. The second-order valence-electron chi connectivity index (χ2n) is 6.23. The zero-order chi connectivity index (χ0) is 17.8. The highest BCUT2D eigenvalue weighted by Gasteiger charge is 2.09. The number of nitrogens with zero attached hydrogens (tertiary/aromatic N) is 1. The number of rotatable bonds is 4. The van der Waals surface area contributed by atoms with Crippen molar-refractivity contribution in [3.63, 3.8) is 0 Å². The number of anilines is 3. The van der Waals surface area contributed by atoms with E-state index < -0.39 is 0 Å². The number of aromatic nitrogens is 1. The van der Waals surface area contributed by atoms with Gasteiger partial charge in [-0.1, -0.05) is 24.3 Å². The standard InChI is InChI=1S/C21H21N3O/c1-14-8-15(2)10-18(9-14)23-19-11-17(12-22-13-19)21(25)24-20-7-5-4-6-16(20)3/h4-13,23H,1-3H3,(H,24,25). The van der Waals surface area contributed by atoms with E-state index in [9.17, 15) is 4.79 Å². The molecule has 0 fully saturated rings. The number of carbonyl (C=O) groups excluding carboxylic acids is 1. The van der Waals surface area contributed by atoms with Gasteiger partial charge in [0.15, 0.2) is 0 Å². The summed E-state index contributed by atoms with van der Waals surface area (Å²) in [4.78, 5) is 16.7. The molecule has 2 aromatic carbocycles. The summed E-state index contributed by atoms with van der Waals surface area (Å²) in [6.45, 7) is 6.08. The Kier molecular flexibility index (Phi) is 4.80. The molecule has 25 heavy (non-hydrogen) atoms. The van der Waals surface area contributed by atoms with E-state index in [1.165, 1.54) is 11.1 Å². The van der Waals surface area contributed by atoms with E-state index in [2.05, 4.69) is 47.7 Å². The molecule has 0 aliphatic carbocycles. The Morgan fingerprint density at radius 1 is 0.880 bits per heavy atom. The third-order valence-electron chi connectivity index (χ3n) is 3.90. The van der Waals surface area contributed by atoms with E-state index in [0.29, 0.717) is 5.56 Å². The average molecular weight is 331 g/mol. The summed E-state index contributed by atoms with van der Waals surface area (Å²) in [5.74, 6) is -0.175. The number of aryl methyl sites for hydroxylation is 3. The van der Waals surface area contributed by atoms with Gasteiger partial charge in [0.1, 0.15) is 0 Å². The summed E-state index contributed by atoms with van der Waals surface area (Å²) in [6, 6.07) is 15.7. The molecule has 1 heterocycles. The lowest BCUT2D eigenvalue weighted by atomic mass is 10.1. The molecule has 0 saturated heterocycles. The molecule has 0 atom stereocenters. The van der Waals surface area contributed by atoms with Crippen molar-refractivity contribution >= 4 is 23.0 Å². The summed E-state index contributed by atoms with van der Waals surface area (Å²) in [5, 5.41) is 6.24. The fourth-order valence-electron chi connectivity index (χ4n) is 2.75. The zero-order valence-electron chi connectivity index (χ0n) is 14.6. The van der Waals surface area contributed by atoms with Crippen LogP contribution in [-0.2, 0) is 0 Å². The Hall–Kier alpha value is -3.14. The molecule has 2 N–H and O–H groups in total. The minimum absolute atomic E-state index is 0.175. The number of amides is 1. The van der Waals surface area contributed by atoms with Crippen molar-refractivity contribution in [2.75, 3.05) is 10.6 Å². The van der Waals surface area contributed by atoms with Gasteiger partial charge in [-0.25, -0.2) is 0 Å². The van der Waals surface area contributed by atoms with Gasteiger partial charge in [0, 0.05) is 17.6 Å².